The number of benzene rings is 2. The van der Waals surface area contributed by atoms with Crippen molar-refractivity contribution in [2.24, 2.45) is 0 Å². The van der Waals surface area contributed by atoms with Crippen molar-refractivity contribution in [3.8, 4) is 5.75 Å². The van der Waals surface area contributed by atoms with Crippen LogP contribution < -0.4 is 0 Å². The largest absolute Gasteiger partial charge is 0.507 e. The van der Waals surface area contributed by atoms with Crippen molar-refractivity contribution < 1.29 is 32.7 Å². The van der Waals surface area contributed by atoms with Gasteiger partial charge in [-0.15, -0.1) is 0 Å². The molecule has 0 aromatic heterocycles. The van der Waals surface area contributed by atoms with Gasteiger partial charge in [0.2, 0.25) is 0 Å². The second-order valence-corrected chi connectivity index (χ2v) is 8.04. The van der Waals surface area contributed by atoms with Gasteiger partial charge in [0.05, 0.1) is 31.4 Å². The Hall–Kier alpha value is -2.34. The van der Waals surface area contributed by atoms with E-state index >= 15 is 0 Å². The number of ketones is 2. The Kier molecular flexibility index (Phi) is 7.63. The molecule has 0 atom stereocenters. The highest BCUT2D eigenvalue weighted by Crippen LogP contribution is 2.51. The molecule has 0 fully saturated rings. The molecule has 8 heteroatoms. The highest BCUT2D eigenvalue weighted by atomic mass is 31.2. The van der Waals surface area contributed by atoms with E-state index < -0.39 is 31.4 Å². The van der Waals surface area contributed by atoms with E-state index in [1.807, 2.05) is 0 Å². The zero-order valence-corrected chi connectivity index (χ0v) is 16.6. The van der Waals surface area contributed by atoms with Crippen molar-refractivity contribution in [1.29, 1.82) is 0 Å². The van der Waals surface area contributed by atoms with Gasteiger partial charge in [-0.05, 0) is 37.6 Å². The first-order valence-corrected chi connectivity index (χ1v) is 10.5. The fourth-order valence-electron chi connectivity index (χ4n) is 2.62. The lowest BCUT2D eigenvalue weighted by Gasteiger charge is -2.17. The Bertz CT molecular complexity index is 884. The van der Waals surface area contributed by atoms with E-state index in [0.29, 0.717) is 5.56 Å². The lowest BCUT2D eigenvalue weighted by atomic mass is 10.0. The summed E-state index contributed by atoms with van der Waals surface area (Å²) in [5, 5.41) is 9.67. The van der Waals surface area contributed by atoms with Gasteiger partial charge in [-0.3, -0.25) is 14.2 Å². The van der Waals surface area contributed by atoms with Gasteiger partial charge in [0.25, 0.3) is 0 Å². The maximum absolute atomic E-state index is 13.3. The van der Waals surface area contributed by atoms with Crippen LogP contribution in [0.25, 0.3) is 0 Å². The molecule has 0 bridgehead atoms. The minimum atomic E-state index is -3.26. The van der Waals surface area contributed by atoms with Gasteiger partial charge in [0, 0.05) is 5.56 Å². The summed E-state index contributed by atoms with van der Waals surface area (Å²) in [7, 11) is -3.26. The lowest BCUT2D eigenvalue weighted by molar-refractivity contribution is 0.0892. The Morgan fingerprint density at radius 1 is 1.00 bits per heavy atom. The lowest BCUT2D eigenvalue weighted by Crippen LogP contribution is -2.09. The van der Waals surface area contributed by atoms with Crippen LogP contribution >= 0.6 is 7.60 Å². The quantitative estimate of drug-likeness (QED) is 0.347. The molecule has 0 amide bonds. The molecule has 0 aliphatic heterocycles. The Morgan fingerprint density at radius 2 is 1.61 bits per heavy atom. The number of carbonyl (C=O) groups is 2. The number of hydrogen-bond acceptors (Lipinski definition) is 6. The number of hydrogen-bond donors (Lipinski definition) is 1. The summed E-state index contributed by atoms with van der Waals surface area (Å²) in [4.78, 5) is 24.5. The minimum absolute atomic E-state index is 0.0687. The number of carbonyl (C=O) groups excluding carboxylic acids is 2. The average molecular weight is 408 g/mol. The molecule has 0 aliphatic carbocycles. The number of halogens is 1. The predicted molar refractivity (Wildman–Crippen MR) is 102 cm³/mol. The Labute approximate surface area is 162 Å². The third kappa shape index (κ3) is 5.83. The topological polar surface area (TPSA) is 89.9 Å². The van der Waals surface area contributed by atoms with Gasteiger partial charge in [-0.1, -0.05) is 24.3 Å². The summed E-state index contributed by atoms with van der Waals surface area (Å²) >= 11 is 0. The van der Waals surface area contributed by atoms with Crippen molar-refractivity contribution in [2.75, 3.05) is 13.2 Å². The minimum Gasteiger partial charge on any atom is -0.507 e. The molecule has 2 aromatic carbocycles. The predicted octanol–water partition coefficient (Wildman–Crippen LogP) is 4.75. The molecule has 0 spiro atoms. The Morgan fingerprint density at radius 3 is 2.18 bits per heavy atom. The summed E-state index contributed by atoms with van der Waals surface area (Å²) in [6.45, 7) is 3.95. The number of phenolic OH excluding ortho intramolecular Hbond substituents is 1. The number of Topliss-reactive ketones (excluding diaryl/α,β-unsaturated/α-hetero) is 2. The first kappa shape index (κ1) is 22.0. The van der Waals surface area contributed by atoms with Crippen LogP contribution in [0, 0.1) is 5.82 Å². The molecule has 0 saturated heterocycles. The van der Waals surface area contributed by atoms with Crippen LogP contribution in [-0.4, -0.2) is 29.9 Å². The molecule has 28 heavy (non-hydrogen) atoms. The van der Waals surface area contributed by atoms with Crippen LogP contribution in [0.3, 0.4) is 0 Å². The molecule has 0 unspecified atom stereocenters. The monoisotopic (exact) mass is 408 g/mol. The van der Waals surface area contributed by atoms with Crippen LogP contribution in [0.2, 0.25) is 0 Å². The van der Waals surface area contributed by atoms with Crippen LogP contribution in [0.4, 0.5) is 4.39 Å². The third-order valence-electron chi connectivity index (χ3n) is 3.88. The fourth-order valence-corrected chi connectivity index (χ4v) is 4.32. The van der Waals surface area contributed by atoms with Gasteiger partial charge in [-0.25, -0.2) is 4.39 Å². The summed E-state index contributed by atoms with van der Waals surface area (Å²) in [6.07, 6.45) is -0.439. The molecule has 2 aromatic rings. The van der Waals surface area contributed by atoms with Crippen LogP contribution in [0.1, 0.15) is 46.5 Å². The van der Waals surface area contributed by atoms with Crippen LogP contribution in [0.15, 0.2) is 42.5 Å². The van der Waals surface area contributed by atoms with Crippen molar-refractivity contribution >= 4 is 19.2 Å². The van der Waals surface area contributed by atoms with Crippen LogP contribution in [0.5, 0.6) is 5.75 Å². The maximum Gasteiger partial charge on any atom is 0.335 e. The molecule has 0 aliphatic rings. The fraction of sp³-hybridized carbons (Fsp3) is 0.300. The third-order valence-corrected chi connectivity index (χ3v) is 5.94. The molecule has 1 N–H and O–H groups in total. The highest BCUT2D eigenvalue weighted by Gasteiger charge is 2.24. The first-order valence-electron chi connectivity index (χ1n) is 8.80. The molecule has 2 rings (SSSR count). The van der Waals surface area contributed by atoms with E-state index in [1.165, 1.54) is 12.1 Å². The molecule has 6 nitrogen and oxygen atoms in total. The average Bonchev–Trinajstić information content (AvgIpc) is 2.64. The zero-order chi connectivity index (χ0) is 20.7. The molecular weight excluding hydrogens is 386 g/mol. The normalized spacial score (nSPS) is 11.4. The van der Waals surface area contributed by atoms with Crippen molar-refractivity contribution in [2.45, 2.75) is 26.4 Å². The van der Waals surface area contributed by atoms with E-state index in [2.05, 4.69) is 0 Å². The Balaban J connectivity index is 2.08. The van der Waals surface area contributed by atoms with Gasteiger partial charge in [0.15, 0.2) is 11.6 Å². The summed E-state index contributed by atoms with van der Waals surface area (Å²) in [5.41, 5.74) is 0.700. The number of rotatable bonds is 10. The molecule has 0 radical (unpaired) electrons. The summed E-state index contributed by atoms with van der Waals surface area (Å²) < 4.78 is 36.3. The zero-order valence-electron chi connectivity index (χ0n) is 15.7. The van der Waals surface area contributed by atoms with Gasteiger partial charge < -0.3 is 14.2 Å². The molecule has 0 heterocycles. The van der Waals surface area contributed by atoms with E-state index in [4.69, 9.17) is 9.05 Å². The van der Waals surface area contributed by atoms with Gasteiger partial charge in [-0.2, -0.15) is 0 Å². The van der Waals surface area contributed by atoms with Crippen molar-refractivity contribution in [1.82, 2.24) is 0 Å². The van der Waals surface area contributed by atoms with Crippen molar-refractivity contribution in [3.05, 3.63) is 65.0 Å². The summed E-state index contributed by atoms with van der Waals surface area (Å²) in [6, 6.07) is 9.24. The smallest absolute Gasteiger partial charge is 0.335 e. The van der Waals surface area contributed by atoms with Crippen molar-refractivity contribution in [3.63, 3.8) is 0 Å². The van der Waals surface area contributed by atoms with E-state index in [9.17, 15) is 23.7 Å². The summed E-state index contributed by atoms with van der Waals surface area (Å²) in [5.74, 6) is -2.20. The second kappa shape index (κ2) is 9.73. The highest BCUT2D eigenvalue weighted by molar-refractivity contribution is 7.53. The second-order valence-electron chi connectivity index (χ2n) is 5.99. The van der Waals surface area contributed by atoms with E-state index in [1.54, 1.807) is 26.0 Å². The standard InChI is InChI=1S/C20H22FO6P/c1-3-26-28(25,27-4-2)13-14-5-7-15(8-6-14)19(23)12-20(24)17-11-16(21)9-10-18(17)22/h5-11,22H,3-4,12-13H2,1-2H3. The number of aromatic hydroxyl groups is 1. The van der Waals surface area contributed by atoms with E-state index in [0.717, 1.165) is 18.2 Å². The van der Waals surface area contributed by atoms with E-state index in [-0.39, 0.29) is 36.3 Å². The van der Waals surface area contributed by atoms with Gasteiger partial charge >= 0.3 is 7.60 Å². The first-order chi connectivity index (χ1) is 13.3. The SMILES string of the molecule is CCOP(=O)(Cc1ccc(C(=O)CC(=O)c2cc(F)ccc2O)cc1)OCC. The van der Waals surface area contributed by atoms with Crippen LogP contribution in [-0.2, 0) is 19.8 Å². The maximum atomic E-state index is 13.3. The molecule has 150 valence electrons. The molecular formula is C20H22FO6P. The number of phenols is 1. The molecule has 0 saturated carbocycles. The van der Waals surface area contributed by atoms with Gasteiger partial charge in [0.1, 0.15) is 11.6 Å².